The van der Waals surface area contributed by atoms with Crippen molar-refractivity contribution in [2.75, 3.05) is 0 Å². The Hall–Kier alpha value is -2.13. The van der Waals surface area contributed by atoms with Gasteiger partial charge in [0.15, 0.2) is 0 Å². The standard InChI is InChI=1S/C22H27F3N2O3S/c1-21(2,3)15-4-11-19(12-5-15)31(28,29)27-17-7-9-18(10-8-17)30-20-13-6-16(14-26-20)22(23,24)25/h4-6,11-14,17-18,27H,7-10H2,1-3H3. The summed E-state index contributed by atoms with van der Waals surface area (Å²) in [6, 6.07) is 8.83. The minimum absolute atomic E-state index is 0.0595. The zero-order chi connectivity index (χ0) is 22.9. The van der Waals surface area contributed by atoms with Crippen LogP contribution in [0.25, 0.3) is 0 Å². The van der Waals surface area contributed by atoms with E-state index in [4.69, 9.17) is 4.74 Å². The molecule has 1 aromatic carbocycles. The number of hydrogen-bond donors (Lipinski definition) is 1. The van der Waals surface area contributed by atoms with Gasteiger partial charge in [0.25, 0.3) is 0 Å². The first-order valence-corrected chi connectivity index (χ1v) is 11.7. The van der Waals surface area contributed by atoms with Gasteiger partial charge in [-0.1, -0.05) is 32.9 Å². The molecule has 9 heteroatoms. The van der Waals surface area contributed by atoms with Crippen LogP contribution in [0.5, 0.6) is 5.88 Å². The van der Waals surface area contributed by atoms with Gasteiger partial charge in [0.05, 0.1) is 10.5 Å². The normalized spacial score (nSPS) is 20.5. The third-order valence-electron chi connectivity index (χ3n) is 5.38. The summed E-state index contributed by atoms with van der Waals surface area (Å²) in [4.78, 5) is 3.96. The molecule has 0 unspecified atom stereocenters. The molecule has 1 aromatic heterocycles. The summed E-state index contributed by atoms with van der Waals surface area (Å²) >= 11 is 0. The molecule has 1 fully saturated rings. The van der Waals surface area contributed by atoms with E-state index in [1.54, 1.807) is 12.1 Å². The molecule has 0 aliphatic heterocycles. The first kappa shape index (κ1) is 23.5. The third kappa shape index (κ3) is 6.20. The highest BCUT2D eigenvalue weighted by molar-refractivity contribution is 7.89. The summed E-state index contributed by atoms with van der Waals surface area (Å²) in [6.07, 6.45) is -1.59. The van der Waals surface area contributed by atoms with Crippen LogP contribution in [-0.4, -0.2) is 25.5 Å². The fourth-order valence-corrected chi connectivity index (χ4v) is 4.81. The van der Waals surface area contributed by atoms with E-state index in [9.17, 15) is 21.6 Å². The van der Waals surface area contributed by atoms with Gasteiger partial charge in [-0.2, -0.15) is 13.2 Å². The minimum atomic E-state index is -4.44. The van der Waals surface area contributed by atoms with Crippen molar-refractivity contribution >= 4 is 10.0 Å². The number of halogens is 3. The molecule has 1 heterocycles. The average molecular weight is 457 g/mol. The zero-order valence-electron chi connectivity index (χ0n) is 17.7. The fraction of sp³-hybridized carbons (Fsp3) is 0.500. The Kier molecular flexibility index (Phi) is 6.67. The Labute approximate surface area is 181 Å². The molecule has 2 aromatic rings. The Morgan fingerprint density at radius 1 is 0.935 bits per heavy atom. The maximum atomic E-state index is 12.7. The summed E-state index contributed by atoms with van der Waals surface area (Å²) in [5.41, 5.74) is 0.172. The molecule has 0 radical (unpaired) electrons. The Morgan fingerprint density at radius 2 is 1.52 bits per heavy atom. The number of hydrogen-bond acceptors (Lipinski definition) is 4. The van der Waals surface area contributed by atoms with E-state index in [0.29, 0.717) is 25.7 Å². The zero-order valence-corrected chi connectivity index (χ0v) is 18.6. The monoisotopic (exact) mass is 456 g/mol. The topological polar surface area (TPSA) is 68.3 Å². The van der Waals surface area contributed by atoms with E-state index >= 15 is 0 Å². The second-order valence-corrected chi connectivity index (χ2v) is 10.6. The van der Waals surface area contributed by atoms with Crippen LogP contribution in [0.4, 0.5) is 13.2 Å². The van der Waals surface area contributed by atoms with Crippen LogP contribution in [0.15, 0.2) is 47.5 Å². The molecule has 1 aliphatic rings. The van der Waals surface area contributed by atoms with Crippen molar-refractivity contribution in [1.82, 2.24) is 9.71 Å². The lowest BCUT2D eigenvalue weighted by molar-refractivity contribution is -0.137. The molecule has 3 rings (SSSR count). The number of rotatable bonds is 5. The average Bonchev–Trinajstić information content (AvgIpc) is 2.68. The van der Waals surface area contributed by atoms with E-state index in [1.807, 2.05) is 12.1 Å². The van der Waals surface area contributed by atoms with Gasteiger partial charge in [0.2, 0.25) is 15.9 Å². The van der Waals surface area contributed by atoms with E-state index in [-0.39, 0.29) is 28.3 Å². The van der Waals surface area contributed by atoms with Crippen molar-refractivity contribution in [1.29, 1.82) is 0 Å². The van der Waals surface area contributed by atoms with Crippen molar-refractivity contribution in [3.8, 4) is 5.88 Å². The minimum Gasteiger partial charge on any atom is -0.474 e. The SMILES string of the molecule is CC(C)(C)c1ccc(S(=O)(=O)NC2CCC(Oc3ccc(C(F)(F)F)cn3)CC2)cc1. The van der Waals surface area contributed by atoms with E-state index in [1.165, 1.54) is 6.07 Å². The Morgan fingerprint density at radius 3 is 2.00 bits per heavy atom. The van der Waals surface area contributed by atoms with Crippen LogP contribution < -0.4 is 9.46 Å². The van der Waals surface area contributed by atoms with E-state index in [2.05, 4.69) is 30.5 Å². The lowest BCUT2D eigenvalue weighted by Gasteiger charge is -2.29. The Balaban J connectivity index is 1.53. The summed E-state index contributed by atoms with van der Waals surface area (Å²) < 4.78 is 71.7. The second kappa shape index (κ2) is 8.78. The number of nitrogens with one attached hydrogen (secondary N) is 1. The molecule has 0 spiro atoms. The van der Waals surface area contributed by atoms with Crippen molar-refractivity contribution < 1.29 is 26.3 Å². The van der Waals surface area contributed by atoms with E-state index < -0.39 is 21.8 Å². The maximum absolute atomic E-state index is 12.7. The number of pyridine rings is 1. The van der Waals surface area contributed by atoms with Crippen molar-refractivity contribution in [2.24, 2.45) is 0 Å². The number of alkyl halides is 3. The largest absolute Gasteiger partial charge is 0.474 e. The van der Waals surface area contributed by atoms with Crippen molar-refractivity contribution in [3.05, 3.63) is 53.7 Å². The molecule has 1 saturated carbocycles. The van der Waals surface area contributed by atoms with Gasteiger partial charge < -0.3 is 4.74 Å². The summed E-state index contributed by atoms with van der Waals surface area (Å²) in [7, 11) is -3.63. The van der Waals surface area contributed by atoms with Gasteiger partial charge in [-0.3, -0.25) is 0 Å². The van der Waals surface area contributed by atoms with Crippen LogP contribution in [0, 0.1) is 0 Å². The molecule has 0 saturated heterocycles. The lowest BCUT2D eigenvalue weighted by atomic mass is 9.87. The maximum Gasteiger partial charge on any atom is 0.417 e. The van der Waals surface area contributed by atoms with Gasteiger partial charge in [-0.05, 0) is 54.9 Å². The molecule has 0 atom stereocenters. The number of nitrogens with zero attached hydrogens (tertiary/aromatic N) is 1. The van der Waals surface area contributed by atoms with Gasteiger partial charge in [0.1, 0.15) is 6.10 Å². The van der Waals surface area contributed by atoms with Crippen LogP contribution in [0.1, 0.15) is 57.6 Å². The second-order valence-electron chi connectivity index (χ2n) is 8.87. The molecule has 5 nitrogen and oxygen atoms in total. The number of benzene rings is 1. The Bertz CT molecular complexity index is 975. The first-order chi connectivity index (χ1) is 14.3. The molecule has 170 valence electrons. The quantitative estimate of drug-likeness (QED) is 0.682. The van der Waals surface area contributed by atoms with Crippen LogP contribution >= 0.6 is 0 Å². The molecule has 1 aliphatic carbocycles. The summed E-state index contributed by atoms with van der Waals surface area (Å²) in [5.74, 6) is 0.135. The summed E-state index contributed by atoms with van der Waals surface area (Å²) in [6.45, 7) is 6.19. The van der Waals surface area contributed by atoms with Gasteiger partial charge in [-0.15, -0.1) is 0 Å². The number of aromatic nitrogens is 1. The highest BCUT2D eigenvalue weighted by Gasteiger charge is 2.31. The van der Waals surface area contributed by atoms with Gasteiger partial charge in [0, 0.05) is 18.3 Å². The van der Waals surface area contributed by atoms with E-state index in [0.717, 1.165) is 17.8 Å². The number of sulfonamides is 1. The molecule has 0 bridgehead atoms. The number of ether oxygens (including phenoxy) is 1. The molecule has 1 N–H and O–H groups in total. The predicted molar refractivity (Wildman–Crippen MR) is 111 cm³/mol. The smallest absolute Gasteiger partial charge is 0.417 e. The highest BCUT2D eigenvalue weighted by atomic mass is 32.2. The fourth-order valence-electron chi connectivity index (χ4n) is 3.51. The molecule has 31 heavy (non-hydrogen) atoms. The molecular weight excluding hydrogens is 429 g/mol. The third-order valence-corrected chi connectivity index (χ3v) is 6.91. The first-order valence-electron chi connectivity index (χ1n) is 10.2. The van der Waals surface area contributed by atoms with Crippen molar-refractivity contribution in [3.63, 3.8) is 0 Å². The van der Waals surface area contributed by atoms with Crippen molar-refractivity contribution in [2.45, 2.75) is 75.1 Å². The van der Waals surface area contributed by atoms with Crippen LogP contribution in [0.2, 0.25) is 0 Å². The lowest BCUT2D eigenvalue weighted by Crippen LogP contribution is -2.39. The van der Waals surface area contributed by atoms with Gasteiger partial charge in [-0.25, -0.2) is 18.1 Å². The molecular formula is C22H27F3N2O3S. The highest BCUT2D eigenvalue weighted by Crippen LogP contribution is 2.30. The van der Waals surface area contributed by atoms with Gasteiger partial charge >= 0.3 is 6.18 Å². The van der Waals surface area contributed by atoms with Crippen LogP contribution in [-0.2, 0) is 21.6 Å². The van der Waals surface area contributed by atoms with Crippen LogP contribution in [0.3, 0.4) is 0 Å². The predicted octanol–water partition coefficient (Wildman–Crippen LogP) is 5.07. The summed E-state index contributed by atoms with van der Waals surface area (Å²) in [5, 5.41) is 0. The molecule has 0 amide bonds.